The fourth-order valence-electron chi connectivity index (χ4n) is 3.13. The third kappa shape index (κ3) is 4.96. The van der Waals surface area contributed by atoms with Crippen LogP contribution in [0.1, 0.15) is 86.6 Å². The molecule has 2 N–H and O–H groups in total. The number of nitrogens with zero attached hydrogens (tertiary/aromatic N) is 1. The van der Waals surface area contributed by atoms with Crippen molar-refractivity contribution >= 4 is 11.8 Å². The predicted octanol–water partition coefficient (Wildman–Crippen LogP) is 2.88. The summed E-state index contributed by atoms with van der Waals surface area (Å²) in [6, 6.07) is 0.211. The zero-order valence-corrected chi connectivity index (χ0v) is 16.3. The van der Waals surface area contributed by atoms with Gasteiger partial charge in [-0.25, -0.2) is 0 Å². The Morgan fingerprint density at radius 3 is 2.23 bits per heavy atom. The van der Waals surface area contributed by atoms with E-state index in [1.807, 2.05) is 32.3 Å². The van der Waals surface area contributed by atoms with Gasteiger partial charge in [-0.15, -0.1) is 0 Å². The van der Waals surface area contributed by atoms with E-state index in [2.05, 4.69) is 10.6 Å². The summed E-state index contributed by atoms with van der Waals surface area (Å²) in [6.07, 6.45) is 8.27. The average molecular weight is 361 g/mol. The van der Waals surface area contributed by atoms with E-state index in [0.29, 0.717) is 6.54 Å². The molecule has 1 atom stereocenters. The molecule has 144 valence electrons. The number of carbonyl (C=O) groups is 2. The summed E-state index contributed by atoms with van der Waals surface area (Å²) in [4.78, 5) is 37.9. The van der Waals surface area contributed by atoms with E-state index >= 15 is 0 Å². The van der Waals surface area contributed by atoms with Gasteiger partial charge in [0, 0.05) is 31.0 Å². The number of hydrogen-bond donors (Lipinski definition) is 2. The second-order valence-electron chi connectivity index (χ2n) is 7.69. The number of carbonyl (C=O) groups excluding carboxylic acids is 2. The van der Waals surface area contributed by atoms with Gasteiger partial charge in [-0.05, 0) is 32.1 Å². The van der Waals surface area contributed by atoms with E-state index < -0.39 is 17.2 Å². The molecule has 0 aromatic carbocycles. The first kappa shape index (κ1) is 20.2. The lowest BCUT2D eigenvalue weighted by Gasteiger charge is -2.18. The van der Waals surface area contributed by atoms with Gasteiger partial charge in [-0.3, -0.25) is 14.4 Å². The Morgan fingerprint density at radius 1 is 1.12 bits per heavy atom. The lowest BCUT2D eigenvalue weighted by Crippen LogP contribution is -2.39. The van der Waals surface area contributed by atoms with E-state index in [9.17, 15) is 14.4 Å². The summed E-state index contributed by atoms with van der Waals surface area (Å²) in [6.45, 7) is 8.34. The molecule has 0 spiro atoms. The van der Waals surface area contributed by atoms with Crippen molar-refractivity contribution in [2.24, 2.45) is 5.92 Å². The molecule has 1 aliphatic rings. The van der Waals surface area contributed by atoms with Gasteiger partial charge >= 0.3 is 0 Å². The van der Waals surface area contributed by atoms with Crippen LogP contribution >= 0.6 is 0 Å². The summed E-state index contributed by atoms with van der Waals surface area (Å²) in [5, 5.41) is 5.63. The van der Waals surface area contributed by atoms with Crippen LogP contribution in [0.15, 0.2) is 17.2 Å². The van der Waals surface area contributed by atoms with Gasteiger partial charge in [0.1, 0.15) is 11.1 Å². The summed E-state index contributed by atoms with van der Waals surface area (Å²) in [5.74, 6) is -0.531. The largest absolute Gasteiger partial charge is 0.352 e. The lowest BCUT2D eigenvalue weighted by molar-refractivity contribution is 0.0937. The van der Waals surface area contributed by atoms with Gasteiger partial charge < -0.3 is 15.2 Å². The van der Waals surface area contributed by atoms with Crippen LogP contribution in [0.2, 0.25) is 0 Å². The second kappa shape index (κ2) is 9.01. The summed E-state index contributed by atoms with van der Waals surface area (Å²) >= 11 is 0. The van der Waals surface area contributed by atoms with Gasteiger partial charge in [0.25, 0.3) is 11.8 Å². The quantitative estimate of drug-likeness (QED) is 0.784. The molecular weight excluding hydrogens is 330 g/mol. The molecular formula is C20H31N3O3. The maximum absolute atomic E-state index is 12.8. The number of nitrogens with one attached hydrogen (secondary N) is 2. The van der Waals surface area contributed by atoms with Crippen LogP contribution in [-0.4, -0.2) is 29.0 Å². The predicted molar refractivity (Wildman–Crippen MR) is 103 cm³/mol. The minimum absolute atomic E-state index is 0.0275. The molecule has 0 aliphatic heterocycles. The third-order valence-corrected chi connectivity index (χ3v) is 4.94. The summed E-state index contributed by atoms with van der Waals surface area (Å²) < 4.78 is 1.89. The summed E-state index contributed by atoms with van der Waals surface area (Å²) in [5.41, 5.74) is -0.398. The fraction of sp³-hybridized carbons (Fsp3) is 0.650. The number of amides is 2. The van der Waals surface area contributed by atoms with Gasteiger partial charge in [-0.1, -0.05) is 33.6 Å². The first-order valence-electron chi connectivity index (χ1n) is 9.68. The third-order valence-electron chi connectivity index (χ3n) is 4.94. The van der Waals surface area contributed by atoms with Gasteiger partial charge in [0.15, 0.2) is 0 Å². The molecule has 1 aromatic rings. The Labute approximate surface area is 155 Å². The van der Waals surface area contributed by atoms with Crippen molar-refractivity contribution in [3.05, 3.63) is 33.7 Å². The second-order valence-corrected chi connectivity index (χ2v) is 7.69. The zero-order chi connectivity index (χ0) is 19.3. The first-order valence-corrected chi connectivity index (χ1v) is 9.68. The Kier molecular flexibility index (Phi) is 7.00. The standard InChI is InChI=1S/C20H31N3O3/c1-5-14(4)22-20(26)17-12-23(15-8-6-7-9-15)11-16(18(17)24)19(25)21-10-13(2)3/h11-15H,5-10H2,1-4H3,(H,21,25)(H,22,26)/t14-/m0/s1. The zero-order valence-electron chi connectivity index (χ0n) is 16.3. The molecule has 1 saturated carbocycles. The highest BCUT2D eigenvalue weighted by Crippen LogP contribution is 2.29. The molecule has 1 heterocycles. The van der Waals surface area contributed by atoms with E-state index in [0.717, 1.165) is 32.1 Å². The van der Waals surface area contributed by atoms with Crippen LogP contribution in [0, 0.1) is 5.92 Å². The maximum Gasteiger partial charge on any atom is 0.256 e. The Morgan fingerprint density at radius 2 is 1.69 bits per heavy atom. The van der Waals surface area contributed by atoms with Crippen LogP contribution < -0.4 is 16.1 Å². The molecule has 0 radical (unpaired) electrons. The molecule has 6 heteroatoms. The fourth-order valence-corrected chi connectivity index (χ4v) is 3.13. The molecule has 0 unspecified atom stereocenters. The van der Waals surface area contributed by atoms with Crippen molar-refractivity contribution in [2.75, 3.05) is 6.54 Å². The van der Waals surface area contributed by atoms with Crippen LogP contribution in [0.25, 0.3) is 0 Å². The van der Waals surface area contributed by atoms with Crippen LogP contribution in [0.4, 0.5) is 0 Å². The first-order chi connectivity index (χ1) is 12.3. The normalized spacial score (nSPS) is 15.9. The number of rotatable bonds is 7. The van der Waals surface area contributed by atoms with Crippen LogP contribution in [0.5, 0.6) is 0 Å². The number of hydrogen-bond acceptors (Lipinski definition) is 3. The monoisotopic (exact) mass is 361 g/mol. The summed E-state index contributed by atoms with van der Waals surface area (Å²) in [7, 11) is 0. The van der Waals surface area contributed by atoms with Crippen molar-refractivity contribution in [1.82, 2.24) is 15.2 Å². The van der Waals surface area contributed by atoms with Crippen molar-refractivity contribution in [3.63, 3.8) is 0 Å². The van der Waals surface area contributed by atoms with E-state index in [1.165, 1.54) is 0 Å². The Balaban J connectivity index is 2.40. The maximum atomic E-state index is 12.8. The van der Waals surface area contributed by atoms with Gasteiger partial charge in [0.05, 0.1) is 0 Å². The van der Waals surface area contributed by atoms with E-state index in [4.69, 9.17) is 0 Å². The van der Waals surface area contributed by atoms with E-state index in [-0.39, 0.29) is 29.1 Å². The average Bonchev–Trinajstić information content (AvgIpc) is 3.14. The molecule has 26 heavy (non-hydrogen) atoms. The molecule has 2 amide bonds. The van der Waals surface area contributed by atoms with Crippen molar-refractivity contribution < 1.29 is 9.59 Å². The highest BCUT2D eigenvalue weighted by atomic mass is 16.2. The molecule has 6 nitrogen and oxygen atoms in total. The topological polar surface area (TPSA) is 80.2 Å². The van der Waals surface area contributed by atoms with Crippen molar-refractivity contribution in [3.8, 4) is 0 Å². The number of aromatic nitrogens is 1. The molecule has 0 bridgehead atoms. The highest BCUT2D eigenvalue weighted by Gasteiger charge is 2.23. The Hall–Kier alpha value is -2.11. The van der Waals surface area contributed by atoms with Crippen LogP contribution in [0.3, 0.4) is 0 Å². The lowest BCUT2D eigenvalue weighted by atomic mass is 10.1. The van der Waals surface area contributed by atoms with Gasteiger partial charge in [-0.2, -0.15) is 0 Å². The van der Waals surface area contributed by atoms with Crippen molar-refractivity contribution in [2.45, 2.75) is 71.9 Å². The Bertz CT molecular complexity index is 703. The highest BCUT2D eigenvalue weighted by molar-refractivity contribution is 5.99. The minimum Gasteiger partial charge on any atom is -0.352 e. The van der Waals surface area contributed by atoms with Crippen molar-refractivity contribution in [1.29, 1.82) is 0 Å². The number of pyridine rings is 1. The van der Waals surface area contributed by atoms with E-state index in [1.54, 1.807) is 12.4 Å². The molecule has 1 aromatic heterocycles. The van der Waals surface area contributed by atoms with Crippen LogP contribution in [-0.2, 0) is 0 Å². The smallest absolute Gasteiger partial charge is 0.256 e. The molecule has 0 saturated heterocycles. The van der Waals surface area contributed by atoms with Gasteiger partial charge in [0.2, 0.25) is 5.43 Å². The molecule has 1 fully saturated rings. The molecule has 1 aliphatic carbocycles. The minimum atomic E-state index is -0.499. The SMILES string of the molecule is CC[C@H](C)NC(=O)c1cn(C2CCCC2)cc(C(=O)NCC(C)C)c1=O. The molecule has 2 rings (SSSR count).